The molecular weight excluding hydrogens is 287 g/mol. The highest BCUT2D eigenvalue weighted by atomic mass is 19.1. The fourth-order valence-electron chi connectivity index (χ4n) is 3.28. The minimum absolute atomic E-state index is 0.121. The van der Waals surface area contributed by atoms with Gasteiger partial charge in [-0.25, -0.2) is 9.18 Å². The fourth-order valence-corrected chi connectivity index (χ4v) is 3.28. The standard InChI is InChI=1S/C16H19FN2O3/c1-3-16-9-18(6-7-19(16)15(21)22-10-16)14(20)13-5-4-12(17)8-11(13)2/h4-5,8H,3,6-7,9-10H2,1-2H3. The van der Waals surface area contributed by atoms with Crippen LogP contribution in [0.25, 0.3) is 0 Å². The number of fused-ring (bicyclic) bond motifs is 1. The average molecular weight is 306 g/mol. The highest BCUT2D eigenvalue weighted by Gasteiger charge is 2.50. The number of carbonyl (C=O) groups excluding carboxylic acids is 2. The number of aryl methyl sites for hydroxylation is 1. The SMILES string of the molecule is CCC12COC(=O)N1CCN(C(=O)c1ccc(F)cc1C)C2. The maximum absolute atomic E-state index is 13.2. The van der Waals surface area contributed by atoms with Gasteiger partial charge in [-0.3, -0.25) is 9.69 Å². The Kier molecular flexibility index (Phi) is 3.54. The fraction of sp³-hybridized carbons (Fsp3) is 0.500. The van der Waals surface area contributed by atoms with Gasteiger partial charge in [-0.2, -0.15) is 0 Å². The van der Waals surface area contributed by atoms with E-state index in [1.807, 2.05) is 6.92 Å². The Morgan fingerprint density at radius 3 is 2.86 bits per heavy atom. The minimum Gasteiger partial charge on any atom is -0.447 e. The molecule has 2 fully saturated rings. The highest BCUT2D eigenvalue weighted by Crippen LogP contribution is 2.32. The van der Waals surface area contributed by atoms with Gasteiger partial charge in [-0.15, -0.1) is 0 Å². The molecule has 118 valence electrons. The lowest BCUT2D eigenvalue weighted by Gasteiger charge is -2.44. The molecule has 2 saturated heterocycles. The first kappa shape index (κ1) is 14.8. The molecule has 5 nitrogen and oxygen atoms in total. The normalized spacial score (nSPS) is 24.2. The molecule has 0 aliphatic carbocycles. The second kappa shape index (κ2) is 5.26. The zero-order chi connectivity index (χ0) is 15.9. The molecule has 1 atom stereocenters. The molecule has 2 amide bonds. The number of hydrogen-bond acceptors (Lipinski definition) is 3. The van der Waals surface area contributed by atoms with Crippen molar-refractivity contribution in [2.24, 2.45) is 0 Å². The van der Waals surface area contributed by atoms with E-state index >= 15 is 0 Å². The van der Waals surface area contributed by atoms with E-state index in [0.29, 0.717) is 37.4 Å². The molecule has 0 N–H and O–H groups in total. The Labute approximate surface area is 128 Å². The van der Waals surface area contributed by atoms with Crippen LogP contribution >= 0.6 is 0 Å². The summed E-state index contributed by atoms with van der Waals surface area (Å²) >= 11 is 0. The molecule has 2 heterocycles. The molecule has 2 aliphatic rings. The number of carbonyl (C=O) groups is 2. The van der Waals surface area contributed by atoms with Crippen LogP contribution in [0.4, 0.5) is 9.18 Å². The summed E-state index contributed by atoms with van der Waals surface area (Å²) in [6.07, 6.45) is 0.428. The number of benzene rings is 1. The van der Waals surface area contributed by atoms with Gasteiger partial charge in [-0.1, -0.05) is 6.92 Å². The lowest BCUT2D eigenvalue weighted by atomic mass is 9.92. The summed E-state index contributed by atoms with van der Waals surface area (Å²) in [4.78, 5) is 28.0. The van der Waals surface area contributed by atoms with Gasteiger partial charge in [0, 0.05) is 25.2 Å². The van der Waals surface area contributed by atoms with Crippen LogP contribution in [0.1, 0.15) is 29.3 Å². The molecule has 0 radical (unpaired) electrons. The summed E-state index contributed by atoms with van der Waals surface area (Å²) in [7, 11) is 0. The summed E-state index contributed by atoms with van der Waals surface area (Å²) in [5.41, 5.74) is 0.696. The van der Waals surface area contributed by atoms with Gasteiger partial charge in [0.25, 0.3) is 5.91 Å². The van der Waals surface area contributed by atoms with E-state index in [-0.39, 0.29) is 17.8 Å². The zero-order valence-corrected chi connectivity index (χ0v) is 12.8. The molecule has 2 aliphatic heterocycles. The molecule has 0 spiro atoms. The van der Waals surface area contributed by atoms with E-state index in [9.17, 15) is 14.0 Å². The first-order valence-electron chi connectivity index (χ1n) is 7.47. The zero-order valence-electron chi connectivity index (χ0n) is 12.8. The van der Waals surface area contributed by atoms with Crippen LogP contribution in [-0.4, -0.2) is 53.6 Å². The van der Waals surface area contributed by atoms with E-state index in [1.54, 1.807) is 16.7 Å². The number of ether oxygens (including phenoxy) is 1. The van der Waals surface area contributed by atoms with Crippen LogP contribution in [0.3, 0.4) is 0 Å². The van der Waals surface area contributed by atoms with Crippen molar-refractivity contribution in [2.75, 3.05) is 26.2 Å². The summed E-state index contributed by atoms with van der Waals surface area (Å²) in [5, 5.41) is 0. The van der Waals surface area contributed by atoms with Crippen LogP contribution in [0.5, 0.6) is 0 Å². The van der Waals surface area contributed by atoms with Crippen molar-refractivity contribution in [3.63, 3.8) is 0 Å². The summed E-state index contributed by atoms with van der Waals surface area (Å²) in [6, 6.07) is 4.18. The Hall–Kier alpha value is -2.11. The Balaban J connectivity index is 1.84. The smallest absolute Gasteiger partial charge is 0.410 e. The maximum Gasteiger partial charge on any atom is 0.410 e. The van der Waals surface area contributed by atoms with E-state index in [2.05, 4.69) is 0 Å². The van der Waals surface area contributed by atoms with Crippen LogP contribution in [-0.2, 0) is 4.74 Å². The van der Waals surface area contributed by atoms with Gasteiger partial charge >= 0.3 is 6.09 Å². The van der Waals surface area contributed by atoms with Crippen molar-refractivity contribution in [1.29, 1.82) is 0 Å². The number of amides is 2. The van der Waals surface area contributed by atoms with Crippen molar-refractivity contribution in [3.05, 3.63) is 35.1 Å². The monoisotopic (exact) mass is 306 g/mol. The molecule has 0 aromatic heterocycles. The third kappa shape index (κ3) is 2.23. The quantitative estimate of drug-likeness (QED) is 0.841. The second-order valence-electron chi connectivity index (χ2n) is 5.97. The predicted octanol–water partition coefficient (Wildman–Crippen LogP) is 2.19. The molecule has 1 aromatic rings. The average Bonchev–Trinajstić information content (AvgIpc) is 2.84. The summed E-state index contributed by atoms with van der Waals surface area (Å²) < 4.78 is 18.4. The van der Waals surface area contributed by atoms with Crippen molar-refractivity contribution in [2.45, 2.75) is 25.8 Å². The molecule has 0 saturated carbocycles. The van der Waals surface area contributed by atoms with Crippen molar-refractivity contribution in [1.82, 2.24) is 9.80 Å². The summed E-state index contributed by atoms with van der Waals surface area (Å²) in [5.74, 6) is -0.469. The largest absolute Gasteiger partial charge is 0.447 e. The van der Waals surface area contributed by atoms with Gasteiger partial charge in [0.15, 0.2) is 0 Å². The lowest BCUT2D eigenvalue weighted by molar-refractivity contribution is 0.0361. The van der Waals surface area contributed by atoms with Crippen molar-refractivity contribution < 1.29 is 18.7 Å². The molecule has 1 aromatic carbocycles. The molecule has 22 heavy (non-hydrogen) atoms. The summed E-state index contributed by atoms with van der Waals surface area (Å²) in [6.45, 7) is 5.42. The molecule has 1 unspecified atom stereocenters. The number of nitrogens with zero attached hydrogens (tertiary/aromatic N) is 2. The third-order valence-electron chi connectivity index (χ3n) is 4.70. The Morgan fingerprint density at radius 2 is 2.18 bits per heavy atom. The first-order chi connectivity index (χ1) is 10.5. The van der Waals surface area contributed by atoms with Gasteiger partial charge in [0.2, 0.25) is 0 Å². The predicted molar refractivity (Wildman–Crippen MR) is 78.1 cm³/mol. The third-order valence-corrected chi connectivity index (χ3v) is 4.70. The minimum atomic E-state index is -0.432. The van der Waals surface area contributed by atoms with Crippen molar-refractivity contribution in [3.8, 4) is 0 Å². The molecule has 0 bridgehead atoms. The number of cyclic esters (lactones) is 1. The first-order valence-corrected chi connectivity index (χ1v) is 7.47. The molecular formula is C16H19FN2O3. The van der Waals surface area contributed by atoms with Crippen LogP contribution in [0.15, 0.2) is 18.2 Å². The number of hydrogen-bond donors (Lipinski definition) is 0. The van der Waals surface area contributed by atoms with Crippen LogP contribution < -0.4 is 0 Å². The van der Waals surface area contributed by atoms with Crippen LogP contribution in [0, 0.1) is 12.7 Å². The van der Waals surface area contributed by atoms with E-state index in [4.69, 9.17) is 4.74 Å². The molecule has 3 rings (SSSR count). The van der Waals surface area contributed by atoms with Gasteiger partial charge in [-0.05, 0) is 37.1 Å². The number of rotatable bonds is 2. The topological polar surface area (TPSA) is 49.9 Å². The number of halogens is 1. The van der Waals surface area contributed by atoms with E-state index in [1.165, 1.54) is 18.2 Å². The van der Waals surface area contributed by atoms with Gasteiger partial charge in [0.1, 0.15) is 12.4 Å². The number of piperazine rings is 1. The maximum atomic E-state index is 13.2. The second-order valence-corrected chi connectivity index (χ2v) is 5.97. The molecule has 6 heteroatoms. The van der Waals surface area contributed by atoms with Gasteiger partial charge in [0.05, 0.1) is 5.54 Å². The van der Waals surface area contributed by atoms with Gasteiger partial charge < -0.3 is 9.64 Å². The van der Waals surface area contributed by atoms with E-state index in [0.717, 1.165) is 6.42 Å². The lowest BCUT2D eigenvalue weighted by Crippen LogP contribution is -2.62. The van der Waals surface area contributed by atoms with E-state index < -0.39 is 5.54 Å². The van der Waals surface area contributed by atoms with Crippen molar-refractivity contribution >= 4 is 12.0 Å². The van der Waals surface area contributed by atoms with Crippen LogP contribution in [0.2, 0.25) is 0 Å². The highest BCUT2D eigenvalue weighted by molar-refractivity contribution is 5.96. The Bertz CT molecular complexity index is 634. The Morgan fingerprint density at radius 1 is 1.41 bits per heavy atom.